The number of nitrogens with zero attached hydrogens (tertiary/aromatic N) is 2. The van der Waals surface area contributed by atoms with E-state index in [4.69, 9.17) is 21.8 Å². The van der Waals surface area contributed by atoms with Crippen LogP contribution in [0, 0.1) is 12.7 Å². The van der Waals surface area contributed by atoms with Crippen molar-refractivity contribution in [1.29, 1.82) is 0 Å². The van der Waals surface area contributed by atoms with E-state index in [1.54, 1.807) is 25.2 Å². The first-order chi connectivity index (χ1) is 9.99. The van der Waals surface area contributed by atoms with Gasteiger partial charge in [0.05, 0.1) is 10.6 Å². The summed E-state index contributed by atoms with van der Waals surface area (Å²) in [5.74, 6) is 1.13. The van der Waals surface area contributed by atoms with Crippen LogP contribution in [0.2, 0.25) is 5.02 Å². The van der Waals surface area contributed by atoms with Gasteiger partial charge >= 0.3 is 0 Å². The summed E-state index contributed by atoms with van der Waals surface area (Å²) in [5.41, 5.74) is 7.19. The second-order valence-corrected chi connectivity index (χ2v) is 5.15. The zero-order chi connectivity index (χ0) is 15.1. The molecule has 4 nitrogen and oxygen atoms in total. The SMILES string of the molecule is Cc1ccc(-c2nn(C)c(N)c2-c2c(F)cccc2Cl)o1. The number of benzene rings is 1. The molecule has 2 N–H and O–H groups in total. The lowest BCUT2D eigenvalue weighted by molar-refractivity contribution is 0.545. The monoisotopic (exact) mass is 305 g/mol. The van der Waals surface area contributed by atoms with Crippen LogP contribution in [0.3, 0.4) is 0 Å². The first-order valence-corrected chi connectivity index (χ1v) is 6.70. The molecule has 0 fully saturated rings. The van der Waals surface area contributed by atoms with Gasteiger partial charge in [-0.15, -0.1) is 0 Å². The Morgan fingerprint density at radius 3 is 2.62 bits per heavy atom. The quantitative estimate of drug-likeness (QED) is 0.777. The summed E-state index contributed by atoms with van der Waals surface area (Å²) in [7, 11) is 1.69. The van der Waals surface area contributed by atoms with Gasteiger partial charge in [-0.3, -0.25) is 4.68 Å². The molecule has 0 saturated carbocycles. The molecule has 0 saturated heterocycles. The normalized spacial score (nSPS) is 11.0. The Hall–Kier alpha value is -2.27. The van der Waals surface area contributed by atoms with Gasteiger partial charge in [-0.05, 0) is 31.2 Å². The minimum absolute atomic E-state index is 0.230. The number of anilines is 1. The molecule has 0 aliphatic heterocycles. The fourth-order valence-corrected chi connectivity index (χ4v) is 2.51. The summed E-state index contributed by atoms with van der Waals surface area (Å²) in [4.78, 5) is 0. The van der Waals surface area contributed by atoms with Crippen molar-refractivity contribution < 1.29 is 8.81 Å². The molecule has 3 rings (SSSR count). The van der Waals surface area contributed by atoms with Gasteiger partial charge < -0.3 is 10.2 Å². The van der Waals surface area contributed by atoms with Crippen LogP contribution in [0.5, 0.6) is 0 Å². The molecule has 21 heavy (non-hydrogen) atoms. The highest BCUT2D eigenvalue weighted by Crippen LogP contribution is 2.41. The molecule has 0 bridgehead atoms. The topological polar surface area (TPSA) is 57.0 Å². The Morgan fingerprint density at radius 1 is 1.24 bits per heavy atom. The van der Waals surface area contributed by atoms with Crippen molar-refractivity contribution in [2.45, 2.75) is 6.92 Å². The molecule has 0 aliphatic rings. The van der Waals surface area contributed by atoms with Crippen LogP contribution in [0.15, 0.2) is 34.7 Å². The van der Waals surface area contributed by atoms with Crippen LogP contribution in [-0.2, 0) is 7.05 Å². The highest BCUT2D eigenvalue weighted by atomic mass is 35.5. The van der Waals surface area contributed by atoms with Crippen molar-refractivity contribution in [2.24, 2.45) is 7.05 Å². The second kappa shape index (κ2) is 4.93. The highest BCUT2D eigenvalue weighted by molar-refractivity contribution is 6.33. The highest BCUT2D eigenvalue weighted by Gasteiger charge is 2.23. The molecule has 6 heteroatoms. The molecule has 1 aromatic carbocycles. The fourth-order valence-electron chi connectivity index (χ4n) is 2.25. The number of furan rings is 1. The second-order valence-electron chi connectivity index (χ2n) is 4.74. The number of rotatable bonds is 2. The van der Waals surface area contributed by atoms with Crippen molar-refractivity contribution in [3.05, 3.63) is 46.9 Å². The predicted octanol–water partition coefficient (Wildman–Crippen LogP) is 4.03. The lowest BCUT2D eigenvalue weighted by Crippen LogP contribution is -1.98. The van der Waals surface area contributed by atoms with Crippen LogP contribution in [0.4, 0.5) is 10.2 Å². The van der Waals surface area contributed by atoms with Crippen molar-refractivity contribution >= 4 is 17.4 Å². The third-order valence-corrected chi connectivity index (χ3v) is 3.59. The number of nitrogens with two attached hydrogens (primary N) is 1. The Kier molecular flexibility index (Phi) is 3.22. The zero-order valence-electron chi connectivity index (χ0n) is 11.5. The molecular formula is C15H13ClFN3O. The number of aryl methyl sites for hydroxylation is 2. The number of hydrogen-bond acceptors (Lipinski definition) is 3. The van der Waals surface area contributed by atoms with Gasteiger partial charge in [0.1, 0.15) is 23.1 Å². The average molecular weight is 306 g/mol. The van der Waals surface area contributed by atoms with E-state index in [9.17, 15) is 4.39 Å². The zero-order valence-corrected chi connectivity index (χ0v) is 12.3. The molecule has 2 aromatic heterocycles. The summed E-state index contributed by atoms with van der Waals surface area (Å²) < 4.78 is 21.3. The fraction of sp³-hybridized carbons (Fsp3) is 0.133. The smallest absolute Gasteiger partial charge is 0.155 e. The van der Waals surface area contributed by atoms with Gasteiger partial charge in [0.25, 0.3) is 0 Å². The molecule has 0 aliphatic carbocycles. The lowest BCUT2D eigenvalue weighted by Gasteiger charge is -2.06. The lowest BCUT2D eigenvalue weighted by atomic mass is 10.0. The molecule has 0 atom stereocenters. The Bertz CT molecular complexity index is 802. The summed E-state index contributed by atoms with van der Waals surface area (Å²) in [6, 6.07) is 8.08. The van der Waals surface area contributed by atoms with E-state index in [0.717, 1.165) is 5.76 Å². The summed E-state index contributed by atoms with van der Waals surface area (Å²) >= 11 is 6.15. The molecular weight excluding hydrogens is 293 g/mol. The number of aromatic nitrogens is 2. The van der Waals surface area contributed by atoms with Crippen LogP contribution in [-0.4, -0.2) is 9.78 Å². The van der Waals surface area contributed by atoms with Crippen LogP contribution in [0.25, 0.3) is 22.6 Å². The standard InChI is InChI=1S/C15H13ClFN3O/c1-8-6-7-11(21-8)14-13(15(18)20(2)19-14)12-9(16)4-3-5-10(12)17/h3-7H,18H2,1-2H3. The number of hydrogen-bond donors (Lipinski definition) is 1. The average Bonchev–Trinajstić information content (AvgIpc) is 2.97. The van der Waals surface area contributed by atoms with E-state index >= 15 is 0 Å². The van der Waals surface area contributed by atoms with Gasteiger partial charge in [-0.2, -0.15) is 5.10 Å². The van der Waals surface area contributed by atoms with E-state index in [1.165, 1.54) is 10.7 Å². The molecule has 2 heterocycles. The van der Waals surface area contributed by atoms with Crippen molar-refractivity contribution in [1.82, 2.24) is 9.78 Å². The molecule has 0 amide bonds. The van der Waals surface area contributed by atoms with Gasteiger partial charge in [0.15, 0.2) is 5.76 Å². The van der Waals surface area contributed by atoms with E-state index < -0.39 is 5.82 Å². The molecule has 3 aromatic rings. The van der Waals surface area contributed by atoms with Crippen molar-refractivity contribution in [3.63, 3.8) is 0 Å². The largest absolute Gasteiger partial charge is 0.460 e. The van der Waals surface area contributed by atoms with Crippen molar-refractivity contribution in [2.75, 3.05) is 5.73 Å². The van der Waals surface area contributed by atoms with E-state index in [1.807, 2.05) is 13.0 Å². The summed E-state index contributed by atoms with van der Waals surface area (Å²) in [6.45, 7) is 1.82. The Labute approximate surface area is 125 Å². The minimum atomic E-state index is -0.452. The Balaban J connectivity index is 2.32. The molecule has 0 spiro atoms. The third kappa shape index (κ3) is 2.19. The van der Waals surface area contributed by atoms with Crippen molar-refractivity contribution in [3.8, 4) is 22.6 Å². The first-order valence-electron chi connectivity index (χ1n) is 6.32. The predicted molar refractivity (Wildman–Crippen MR) is 80.5 cm³/mol. The van der Waals surface area contributed by atoms with Crippen LogP contribution in [0.1, 0.15) is 5.76 Å². The summed E-state index contributed by atoms with van der Waals surface area (Å²) in [6.07, 6.45) is 0. The third-order valence-electron chi connectivity index (χ3n) is 3.28. The molecule has 0 unspecified atom stereocenters. The number of halogens is 2. The minimum Gasteiger partial charge on any atom is -0.460 e. The van der Waals surface area contributed by atoms with E-state index in [-0.39, 0.29) is 10.6 Å². The van der Waals surface area contributed by atoms with E-state index in [0.29, 0.717) is 22.8 Å². The summed E-state index contributed by atoms with van der Waals surface area (Å²) in [5, 5.41) is 4.60. The van der Waals surface area contributed by atoms with Crippen LogP contribution < -0.4 is 5.73 Å². The maximum atomic E-state index is 14.2. The van der Waals surface area contributed by atoms with Gasteiger partial charge in [-0.1, -0.05) is 17.7 Å². The van der Waals surface area contributed by atoms with Gasteiger partial charge in [0, 0.05) is 12.6 Å². The maximum absolute atomic E-state index is 14.2. The van der Waals surface area contributed by atoms with Crippen LogP contribution >= 0.6 is 11.6 Å². The van der Waals surface area contributed by atoms with E-state index in [2.05, 4.69) is 5.10 Å². The maximum Gasteiger partial charge on any atom is 0.155 e. The van der Waals surface area contributed by atoms with Gasteiger partial charge in [-0.25, -0.2) is 4.39 Å². The first kappa shape index (κ1) is 13.7. The Morgan fingerprint density at radius 2 is 2.00 bits per heavy atom. The molecule has 108 valence electrons. The van der Waals surface area contributed by atoms with Gasteiger partial charge in [0.2, 0.25) is 0 Å². The molecule has 0 radical (unpaired) electrons. The number of nitrogen functional groups attached to an aromatic ring is 1.